The summed E-state index contributed by atoms with van der Waals surface area (Å²) in [6.45, 7) is 4.60. The number of hydrogen-bond acceptors (Lipinski definition) is 1. The van der Waals surface area contributed by atoms with Crippen molar-refractivity contribution in [2.24, 2.45) is 0 Å². The zero-order valence-electron chi connectivity index (χ0n) is 13.7. The van der Waals surface area contributed by atoms with Crippen molar-refractivity contribution >= 4 is 17.2 Å². The van der Waals surface area contributed by atoms with Gasteiger partial charge in [0.15, 0.2) is 0 Å². The molecule has 0 saturated carbocycles. The van der Waals surface area contributed by atoms with Crippen molar-refractivity contribution in [1.29, 1.82) is 0 Å². The lowest BCUT2D eigenvalue weighted by atomic mass is 9.97. The molecule has 120 valence electrons. The van der Waals surface area contributed by atoms with Gasteiger partial charge in [0.2, 0.25) is 0 Å². The van der Waals surface area contributed by atoms with Crippen LogP contribution < -0.4 is 0 Å². The Kier molecular flexibility index (Phi) is 5.53. The Morgan fingerprint density at radius 3 is 2.52 bits per heavy atom. The predicted octanol–water partition coefficient (Wildman–Crippen LogP) is 5.45. The molecule has 1 unspecified atom stereocenters. The zero-order valence-corrected chi connectivity index (χ0v) is 14.5. The van der Waals surface area contributed by atoms with Crippen LogP contribution in [0.5, 0.6) is 0 Å². The topological polar surface area (TPSA) is 3.24 Å². The van der Waals surface area contributed by atoms with Crippen LogP contribution in [0.1, 0.15) is 30.9 Å². The molecule has 1 heterocycles. The monoisotopic (exact) mass is 325 g/mol. The Hall–Kier alpha value is -1.57. The first-order chi connectivity index (χ1) is 11.2. The molecular weight excluding hydrogens is 302 g/mol. The van der Waals surface area contributed by atoms with Gasteiger partial charge in [-0.1, -0.05) is 60.1 Å². The molecule has 0 aromatic heterocycles. The number of likely N-dealkylation sites (tertiary alicyclic amines) is 1. The van der Waals surface area contributed by atoms with Gasteiger partial charge >= 0.3 is 0 Å². The van der Waals surface area contributed by atoms with Gasteiger partial charge in [-0.05, 0) is 61.6 Å². The number of benzene rings is 2. The summed E-state index contributed by atoms with van der Waals surface area (Å²) in [7, 11) is 0. The van der Waals surface area contributed by atoms with Crippen molar-refractivity contribution in [3.8, 4) is 0 Å². The van der Waals surface area contributed by atoms with Gasteiger partial charge in [-0.15, -0.1) is 0 Å². The van der Waals surface area contributed by atoms with Gasteiger partial charge in [0, 0.05) is 17.6 Å². The highest BCUT2D eigenvalue weighted by Crippen LogP contribution is 2.22. The molecule has 2 aromatic carbocycles. The highest BCUT2D eigenvalue weighted by atomic mass is 35.5. The third-order valence-corrected chi connectivity index (χ3v) is 4.97. The molecule has 0 bridgehead atoms. The summed E-state index contributed by atoms with van der Waals surface area (Å²) in [5.74, 6) is 0. The largest absolute Gasteiger partial charge is 0.297 e. The summed E-state index contributed by atoms with van der Waals surface area (Å²) in [6.07, 6.45) is 6.01. The van der Waals surface area contributed by atoms with Crippen LogP contribution in [0, 0.1) is 0 Å². The standard InChI is InChI=1S/C21H24ClN/c1-17-6-5-14-23(17)15-13-20(19-7-3-2-4-8-19)16-18-9-11-21(22)12-10-18/h2-4,7-13,17H,5-6,14-16H2,1H3/b20-13+. The maximum absolute atomic E-state index is 6.01. The second-order valence-electron chi connectivity index (χ2n) is 6.38. The minimum Gasteiger partial charge on any atom is -0.297 e. The molecule has 1 nitrogen and oxygen atoms in total. The van der Waals surface area contributed by atoms with Gasteiger partial charge < -0.3 is 0 Å². The smallest absolute Gasteiger partial charge is 0.0406 e. The minimum absolute atomic E-state index is 0.707. The maximum atomic E-state index is 6.01. The Labute approximate surface area is 144 Å². The van der Waals surface area contributed by atoms with E-state index in [0.717, 1.165) is 18.0 Å². The van der Waals surface area contributed by atoms with E-state index in [2.05, 4.69) is 60.4 Å². The molecular formula is C21H24ClN. The Bertz CT molecular complexity index is 645. The molecule has 1 saturated heterocycles. The van der Waals surface area contributed by atoms with Crippen LogP contribution in [0.3, 0.4) is 0 Å². The Balaban J connectivity index is 1.80. The second-order valence-corrected chi connectivity index (χ2v) is 6.82. The van der Waals surface area contributed by atoms with Crippen molar-refractivity contribution in [2.75, 3.05) is 13.1 Å². The maximum Gasteiger partial charge on any atom is 0.0406 e. The van der Waals surface area contributed by atoms with Gasteiger partial charge in [0.1, 0.15) is 0 Å². The average Bonchev–Trinajstić information content (AvgIpc) is 2.99. The van der Waals surface area contributed by atoms with E-state index in [9.17, 15) is 0 Å². The van der Waals surface area contributed by atoms with Gasteiger partial charge in [-0.3, -0.25) is 4.90 Å². The lowest BCUT2D eigenvalue weighted by Crippen LogP contribution is -2.27. The lowest BCUT2D eigenvalue weighted by molar-refractivity contribution is 0.298. The van der Waals surface area contributed by atoms with Gasteiger partial charge in [-0.25, -0.2) is 0 Å². The summed E-state index contributed by atoms with van der Waals surface area (Å²) in [6, 6.07) is 19.6. The minimum atomic E-state index is 0.707. The van der Waals surface area contributed by atoms with Gasteiger partial charge in [0.25, 0.3) is 0 Å². The average molecular weight is 326 g/mol. The fourth-order valence-corrected chi connectivity index (χ4v) is 3.38. The van der Waals surface area contributed by atoms with E-state index in [1.807, 2.05) is 12.1 Å². The van der Waals surface area contributed by atoms with E-state index in [-0.39, 0.29) is 0 Å². The van der Waals surface area contributed by atoms with Crippen molar-refractivity contribution < 1.29 is 0 Å². The van der Waals surface area contributed by atoms with Crippen molar-refractivity contribution in [1.82, 2.24) is 4.90 Å². The highest BCUT2D eigenvalue weighted by Gasteiger charge is 2.18. The molecule has 0 spiro atoms. The van der Waals surface area contributed by atoms with E-state index in [1.165, 1.54) is 36.1 Å². The molecule has 0 aliphatic carbocycles. The fraction of sp³-hybridized carbons (Fsp3) is 0.333. The molecule has 1 fully saturated rings. The normalized spacial score (nSPS) is 19.2. The third-order valence-electron chi connectivity index (χ3n) is 4.72. The fourth-order valence-electron chi connectivity index (χ4n) is 3.26. The van der Waals surface area contributed by atoms with E-state index < -0.39 is 0 Å². The SMILES string of the molecule is CC1CCCN1C/C=C(\Cc1ccc(Cl)cc1)c1ccccc1. The van der Waals surface area contributed by atoms with E-state index in [4.69, 9.17) is 11.6 Å². The molecule has 0 radical (unpaired) electrons. The molecule has 1 aliphatic rings. The van der Waals surface area contributed by atoms with Crippen LogP contribution in [0.25, 0.3) is 5.57 Å². The third kappa shape index (κ3) is 4.46. The Morgan fingerprint density at radius 1 is 1.13 bits per heavy atom. The molecule has 23 heavy (non-hydrogen) atoms. The quantitative estimate of drug-likeness (QED) is 0.706. The van der Waals surface area contributed by atoms with Crippen molar-refractivity contribution in [3.63, 3.8) is 0 Å². The number of hydrogen-bond donors (Lipinski definition) is 0. The van der Waals surface area contributed by atoms with Crippen molar-refractivity contribution in [2.45, 2.75) is 32.2 Å². The van der Waals surface area contributed by atoms with Crippen LogP contribution in [-0.4, -0.2) is 24.0 Å². The molecule has 2 aromatic rings. The first-order valence-corrected chi connectivity index (χ1v) is 8.83. The number of nitrogens with zero attached hydrogens (tertiary/aromatic N) is 1. The first-order valence-electron chi connectivity index (χ1n) is 8.45. The number of allylic oxidation sites excluding steroid dienone is 1. The van der Waals surface area contributed by atoms with Crippen LogP contribution in [0.15, 0.2) is 60.7 Å². The Morgan fingerprint density at radius 2 is 1.87 bits per heavy atom. The zero-order chi connectivity index (χ0) is 16.1. The molecule has 1 atom stereocenters. The summed E-state index contributed by atoms with van der Waals surface area (Å²) < 4.78 is 0. The number of rotatable bonds is 5. The van der Waals surface area contributed by atoms with Crippen LogP contribution in [0.2, 0.25) is 5.02 Å². The van der Waals surface area contributed by atoms with Crippen LogP contribution in [0.4, 0.5) is 0 Å². The summed E-state index contributed by atoms with van der Waals surface area (Å²) >= 11 is 6.01. The van der Waals surface area contributed by atoms with E-state index >= 15 is 0 Å². The van der Waals surface area contributed by atoms with E-state index in [1.54, 1.807) is 0 Å². The van der Waals surface area contributed by atoms with Crippen molar-refractivity contribution in [3.05, 3.63) is 76.8 Å². The van der Waals surface area contributed by atoms with Crippen LogP contribution in [-0.2, 0) is 6.42 Å². The van der Waals surface area contributed by atoms with Gasteiger partial charge in [0.05, 0.1) is 0 Å². The molecule has 2 heteroatoms. The summed E-state index contributed by atoms with van der Waals surface area (Å²) in [5.41, 5.74) is 4.01. The molecule has 0 amide bonds. The second kappa shape index (κ2) is 7.81. The lowest BCUT2D eigenvalue weighted by Gasteiger charge is -2.20. The van der Waals surface area contributed by atoms with Gasteiger partial charge in [-0.2, -0.15) is 0 Å². The highest BCUT2D eigenvalue weighted by molar-refractivity contribution is 6.30. The van der Waals surface area contributed by atoms with E-state index in [0.29, 0.717) is 6.04 Å². The summed E-state index contributed by atoms with van der Waals surface area (Å²) in [4.78, 5) is 2.57. The predicted molar refractivity (Wildman–Crippen MR) is 99.8 cm³/mol. The summed E-state index contributed by atoms with van der Waals surface area (Å²) in [5, 5.41) is 0.796. The van der Waals surface area contributed by atoms with Crippen LogP contribution >= 0.6 is 11.6 Å². The number of halogens is 1. The molecule has 3 rings (SSSR count). The first kappa shape index (κ1) is 16.3. The molecule has 0 N–H and O–H groups in total. The molecule has 1 aliphatic heterocycles.